The van der Waals surface area contributed by atoms with Crippen molar-refractivity contribution in [2.75, 3.05) is 33.0 Å². The Labute approximate surface area is 313 Å². The molecule has 3 unspecified atom stereocenters. The van der Waals surface area contributed by atoms with E-state index in [0.29, 0.717) is 25.7 Å². The smallest absolute Gasteiger partial charge is 0.347 e. The van der Waals surface area contributed by atoms with Crippen molar-refractivity contribution in [2.24, 2.45) is 11.8 Å². The molecule has 2 fully saturated rings. The van der Waals surface area contributed by atoms with Crippen LogP contribution in [0.1, 0.15) is 153 Å². The van der Waals surface area contributed by atoms with Crippen molar-refractivity contribution in [3.05, 3.63) is 5.92 Å². The zero-order valence-corrected chi connectivity index (χ0v) is 34.0. The SMILES string of the molecule is CC1OC(=O)C(C)OC1=O.CCC(C)C(=O)CCC(C)=O.CCCC(CC)CCC.CCCCC.O=C1COC(=O)CO1.OCC[C+](CO)CCO. The summed E-state index contributed by atoms with van der Waals surface area (Å²) in [7, 11) is 0. The fraction of sp³-hybridized carbons (Fsp3) is 0.821. The first kappa shape index (κ1) is 55.7. The molecule has 2 saturated heterocycles. The molecule has 2 aliphatic rings. The number of carbonyl (C=O) groups is 6. The van der Waals surface area contributed by atoms with Crippen molar-refractivity contribution in [2.45, 2.75) is 165 Å². The maximum atomic E-state index is 11.1. The molecule has 13 heteroatoms. The second-order valence-corrected chi connectivity index (χ2v) is 12.5. The van der Waals surface area contributed by atoms with Gasteiger partial charge in [0.15, 0.2) is 32.0 Å². The van der Waals surface area contributed by atoms with Crippen molar-refractivity contribution in [3.8, 4) is 0 Å². The van der Waals surface area contributed by atoms with Crippen molar-refractivity contribution in [1.82, 2.24) is 0 Å². The highest BCUT2D eigenvalue weighted by molar-refractivity contribution is 5.87. The summed E-state index contributed by atoms with van der Waals surface area (Å²) in [6, 6.07) is 0. The minimum atomic E-state index is -0.747. The molecule has 3 atom stereocenters. The number of ether oxygens (including phenoxy) is 4. The van der Waals surface area contributed by atoms with Gasteiger partial charge in [0.25, 0.3) is 0 Å². The van der Waals surface area contributed by atoms with Gasteiger partial charge in [-0.15, -0.1) is 0 Å². The van der Waals surface area contributed by atoms with Crippen LogP contribution in [-0.2, 0) is 47.7 Å². The Morgan fingerprint density at radius 1 is 0.712 bits per heavy atom. The summed E-state index contributed by atoms with van der Waals surface area (Å²) in [5, 5.41) is 25.3. The molecule has 0 amide bonds. The number of Topliss-reactive ketones (excluding diaryl/α,β-unsaturated/α-hetero) is 2. The van der Waals surface area contributed by atoms with Gasteiger partial charge in [-0.05, 0) is 33.1 Å². The average molecular weight is 750 g/mol. The molecule has 3 N–H and O–H groups in total. The Kier molecular flexibility index (Phi) is 42.0. The molecule has 0 aromatic rings. The van der Waals surface area contributed by atoms with E-state index in [0.717, 1.165) is 18.3 Å². The van der Waals surface area contributed by atoms with Crippen LogP contribution >= 0.6 is 0 Å². The highest BCUT2D eigenvalue weighted by Gasteiger charge is 2.32. The first-order valence-corrected chi connectivity index (χ1v) is 19.0. The van der Waals surface area contributed by atoms with Crippen LogP contribution < -0.4 is 0 Å². The number of aliphatic hydroxyl groups is 3. The maximum absolute atomic E-state index is 11.1. The number of hydrogen-bond acceptors (Lipinski definition) is 13. The normalized spacial score (nSPS) is 16.3. The van der Waals surface area contributed by atoms with Crippen LogP contribution in [0.5, 0.6) is 0 Å². The third-order valence-corrected chi connectivity index (χ3v) is 7.67. The lowest BCUT2D eigenvalue weighted by Crippen LogP contribution is -2.40. The van der Waals surface area contributed by atoms with Gasteiger partial charge in [-0.25, -0.2) is 19.2 Å². The zero-order chi connectivity index (χ0) is 40.9. The Balaban J connectivity index is -0.000000269. The largest absolute Gasteiger partial charge is 0.451 e. The van der Waals surface area contributed by atoms with Gasteiger partial charge in [-0.2, -0.15) is 0 Å². The average Bonchev–Trinajstić information content (AvgIpc) is 3.12. The molecule has 0 aliphatic carbocycles. The van der Waals surface area contributed by atoms with Crippen LogP contribution in [-0.4, -0.2) is 96.0 Å². The van der Waals surface area contributed by atoms with E-state index < -0.39 is 36.1 Å². The quantitative estimate of drug-likeness (QED) is 0.0883. The molecule has 13 nitrogen and oxygen atoms in total. The standard InChI is InChI=1S/C9H16O2.C9H20.C6H8O4.C6H13O3.C5H12.C4H4O4/c1-4-7(2)9(11)6-5-8(3)10;1-4-7-9(6-3)8-5-2;1-3-5(7)10-4(2)6(8)9-3;7-3-1-6(5-9)2-4-8;1-3-5-4-2;5-3-1-7-4(6)2-8-3/h7H,4-6H2,1-3H3;9H,4-8H2,1-3H3;3-4H,1-2H3;7-9H,1-5H2;3-5H2,1-2H3;1-2H2/q;;;+1;;. The molecule has 0 bridgehead atoms. The second kappa shape index (κ2) is 39.2. The molecular weight excluding hydrogens is 676 g/mol. The Morgan fingerprint density at radius 3 is 1.38 bits per heavy atom. The molecule has 0 aromatic heterocycles. The van der Waals surface area contributed by atoms with Crippen LogP contribution in [0, 0.1) is 17.8 Å². The van der Waals surface area contributed by atoms with Gasteiger partial charge in [0.05, 0.1) is 13.2 Å². The number of unbranched alkanes of at least 4 members (excludes halogenated alkanes) is 2. The second-order valence-electron chi connectivity index (χ2n) is 12.5. The van der Waals surface area contributed by atoms with E-state index >= 15 is 0 Å². The summed E-state index contributed by atoms with van der Waals surface area (Å²) in [6.07, 6.45) is 12.2. The molecule has 2 rings (SSSR count). The number of hydrogen-bond donors (Lipinski definition) is 3. The van der Waals surface area contributed by atoms with Gasteiger partial charge >= 0.3 is 23.9 Å². The molecule has 0 aromatic carbocycles. The maximum Gasteiger partial charge on any atom is 0.347 e. The number of cyclic esters (lactones) is 4. The van der Waals surface area contributed by atoms with Crippen LogP contribution in [0.4, 0.5) is 0 Å². The molecule has 2 heterocycles. The van der Waals surface area contributed by atoms with Crippen LogP contribution in [0.25, 0.3) is 0 Å². The lowest BCUT2D eigenvalue weighted by atomic mass is 9.96. The Bertz CT molecular complexity index is 844. The van der Waals surface area contributed by atoms with E-state index in [1.807, 2.05) is 13.8 Å². The summed E-state index contributed by atoms with van der Waals surface area (Å²) in [5.41, 5.74) is 0. The van der Waals surface area contributed by atoms with E-state index in [1.165, 1.54) is 72.1 Å². The van der Waals surface area contributed by atoms with Gasteiger partial charge in [-0.3, -0.25) is 4.79 Å². The molecule has 306 valence electrons. The summed E-state index contributed by atoms with van der Waals surface area (Å²) < 4.78 is 17.7. The number of carbonyl (C=O) groups excluding carboxylic acids is 6. The van der Waals surface area contributed by atoms with Gasteiger partial charge in [0, 0.05) is 18.8 Å². The molecule has 2 aliphatic heterocycles. The number of aliphatic hydroxyl groups excluding tert-OH is 3. The van der Waals surface area contributed by atoms with Gasteiger partial charge < -0.3 is 39.1 Å². The first-order chi connectivity index (χ1) is 24.6. The fourth-order valence-electron chi connectivity index (χ4n) is 4.09. The van der Waals surface area contributed by atoms with Crippen molar-refractivity contribution in [3.63, 3.8) is 0 Å². The monoisotopic (exact) mass is 750 g/mol. The van der Waals surface area contributed by atoms with Crippen molar-refractivity contribution >= 4 is 35.4 Å². The van der Waals surface area contributed by atoms with E-state index in [9.17, 15) is 28.8 Å². The molecule has 0 spiro atoms. The van der Waals surface area contributed by atoms with Crippen molar-refractivity contribution < 1.29 is 63.0 Å². The van der Waals surface area contributed by atoms with Crippen LogP contribution in [0.15, 0.2) is 0 Å². The van der Waals surface area contributed by atoms with E-state index in [4.69, 9.17) is 15.3 Å². The zero-order valence-electron chi connectivity index (χ0n) is 34.0. The Hall–Kier alpha value is -3.03. The van der Waals surface area contributed by atoms with Gasteiger partial charge in [0.1, 0.15) is 30.3 Å². The summed E-state index contributed by atoms with van der Waals surface area (Å²) in [5.74, 6) is 0.326. The minimum Gasteiger partial charge on any atom is -0.451 e. The summed E-state index contributed by atoms with van der Waals surface area (Å²) in [4.78, 5) is 63.2. The number of esters is 4. The predicted molar refractivity (Wildman–Crippen MR) is 200 cm³/mol. The highest BCUT2D eigenvalue weighted by atomic mass is 16.6. The van der Waals surface area contributed by atoms with Crippen LogP contribution in [0.3, 0.4) is 0 Å². The Morgan fingerprint density at radius 2 is 1.13 bits per heavy atom. The minimum absolute atomic E-state index is 0.0267. The number of rotatable bonds is 17. The van der Waals surface area contributed by atoms with Crippen molar-refractivity contribution in [1.29, 1.82) is 0 Å². The lowest BCUT2D eigenvalue weighted by Gasteiger charge is -2.22. The van der Waals surface area contributed by atoms with Gasteiger partial charge in [-0.1, -0.05) is 99.8 Å². The summed E-state index contributed by atoms with van der Waals surface area (Å²) in [6.45, 7) is 19.2. The van der Waals surface area contributed by atoms with E-state index in [-0.39, 0.29) is 50.5 Å². The van der Waals surface area contributed by atoms with Crippen LogP contribution in [0.2, 0.25) is 0 Å². The predicted octanol–water partition coefficient (Wildman–Crippen LogP) is 6.05. The molecule has 0 saturated carbocycles. The van der Waals surface area contributed by atoms with Gasteiger partial charge in [0.2, 0.25) is 0 Å². The third-order valence-electron chi connectivity index (χ3n) is 7.67. The third kappa shape index (κ3) is 36.8. The molecular formula is C39H73O13+. The van der Waals surface area contributed by atoms with E-state index in [2.05, 4.69) is 53.6 Å². The highest BCUT2D eigenvalue weighted by Crippen LogP contribution is 2.16. The first-order valence-electron chi connectivity index (χ1n) is 19.0. The molecule has 52 heavy (non-hydrogen) atoms. The lowest BCUT2D eigenvalue weighted by molar-refractivity contribution is -0.191. The van der Waals surface area contributed by atoms with E-state index in [1.54, 1.807) is 0 Å². The molecule has 0 radical (unpaired) electrons. The topological polar surface area (TPSA) is 200 Å². The fourth-order valence-corrected chi connectivity index (χ4v) is 4.09. The summed E-state index contributed by atoms with van der Waals surface area (Å²) >= 11 is 0. The number of ketones is 2.